The van der Waals surface area contributed by atoms with Crippen molar-refractivity contribution < 1.29 is 20.1 Å². The van der Waals surface area contributed by atoms with Crippen LogP contribution < -0.4 is 0 Å². The molecule has 0 bridgehead atoms. The van der Waals surface area contributed by atoms with Crippen molar-refractivity contribution in [2.75, 3.05) is 0 Å². The minimum Gasteiger partial charge on any atom is -0.305 e. The van der Waals surface area contributed by atoms with Crippen molar-refractivity contribution in [3.63, 3.8) is 0 Å². The number of rotatable bonds is 3. The Morgan fingerprint density at radius 1 is 0.667 bits per heavy atom. The van der Waals surface area contributed by atoms with Gasteiger partial charge in [-0.1, -0.05) is 59.7 Å². The summed E-state index contributed by atoms with van der Waals surface area (Å²) in [4.78, 5) is 8.68. The van der Waals surface area contributed by atoms with Crippen LogP contribution in [0.5, 0.6) is 0 Å². The van der Waals surface area contributed by atoms with E-state index in [2.05, 4.69) is 40.3 Å². The number of hydrogen-bond acceptors (Lipinski definition) is 3. The second-order valence-corrected chi connectivity index (χ2v) is 6.85. The molecule has 0 fully saturated rings. The fraction of sp³-hybridized carbons (Fsp3) is 0. The first kappa shape index (κ1) is 23.8. The van der Waals surface area contributed by atoms with E-state index in [1.165, 1.54) is 0 Å². The Morgan fingerprint density at radius 2 is 1.42 bits per heavy atom. The van der Waals surface area contributed by atoms with E-state index < -0.39 is 0 Å². The van der Waals surface area contributed by atoms with Crippen molar-refractivity contribution in [2.45, 2.75) is 0 Å². The Hall–Kier alpha value is -3.90. The van der Waals surface area contributed by atoms with Crippen molar-refractivity contribution in [1.82, 2.24) is 9.97 Å². The van der Waals surface area contributed by atoms with Crippen LogP contribution in [0.4, 0.5) is 0 Å². The molecule has 5 rings (SSSR count). The summed E-state index contributed by atoms with van der Waals surface area (Å²) in [7, 11) is 0. The minimum absolute atomic E-state index is 0. The molecule has 161 valence electrons. The Kier molecular flexibility index (Phi) is 8.79. The molecule has 4 heteroatoms. The molecular formula is C29H19IrN3-2. The molecular weight excluding hydrogens is 583 g/mol. The van der Waals surface area contributed by atoms with Gasteiger partial charge >= 0.3 is 0 Å². The zero-order valence-corrected chi connectivity index (χ0v) is 20.0. The summed E-state index contributed by atoms with van der Waals surface area (Å²) in [6.45, 7) is 0. The van der Waals surface area contributed by atoms with Gasteiger partial charge in [-0.05, 0) is 35.0 Å². The normalized spacial score (nSPS) is 9.55. The second kappa shape index (κ2) is 12.2. The van der Waals surface area contributed by atoms with Gasteiger partial charge in [-0.25, -0.2) is 5.26 Å². The van der Waals surface area contributed by atoms with E-state index in [0.717, 1.165) is 33.6 Å². The number of nitriles is 1. The molecule has 0 aliphatic carbocycles. The first-order valence-corrected chi connectivity index (χ1v) is 10.2. The second-order valence-electron chi connectivity index (χ2n) is 6.85. The topological polar surface area (TPSA) is 49.6 Å². The van der Waals surface area contributed by atoms with E-state index in [0.29, 0.717) is 5.56 Å². The third kappa shape index (κ3) is 6.30. The summed E-state index contributed by atoms with van der Waals surface area (Å²) in [6.07, 6.45) is 3.55. The Bertz CT molecular complexity index is 1280. The maximum Gasteiger partial charge on any atom is 0.0183 e. The average Bonchev–Trinajstić information content (AvgIpc) is 2.91. The average molecular weight is 602 g/mol. The number of pyridine rings is 2. The van der Waals surface area contributed by atoms with Crippen LogP contribution in [0.15, 0.2) is 116 Å². The van der Waals surface area contributed by atoms with Crippen LogP contribution in [0.1, 0.15) is 5.56 Å². The van der Waals surface area contributed by atoms with Gasteiger partial charge in [0, 0.05) is 38.2 Å². The van der Waals surface area contributed by atoms with E-state index in [1.54, 1.807) is 18.5 Å². The maximum absolute atomic E-state index is 8.99. The van der Waals surface area contributed by atoms with Gasteiger partial charge in [0.05, 0.1) is 0 Å². The van der Waals surface area contributed by atoms with Gasteiger partial charge in [0.25, 0.3) is 0 Å². The van der Waals surface area contributed by atoms with Crippen LogP contribution in [-0.2, 0) is 20.1 Å². The largest absolute Gasteiger partial charge is 0.305 e. The molecule has 2 aromatic heterocycles. The Labute approximate surface area is 207 Å². The van der Waals surface area contributed by atoms with Crippen LogP contribution in [-0.4, -0.2) is 9.97 Å². The molecule has 0 spiro atoms. The quantitative estimate of drug-likeness (QED) is 0.218. The van der Waals surface area contributed by atoms with E-state index >= 15 is 0 Å². The summed E-state index contributed by atoms with van der Waals surface area (Å²) in [5, 5.41) is 8.99. The molecule has 3 nitrogen and oxygen atoms in total. The first-order chi connectivity index (χ1) is 15.8. The molecule has 0 saturated carbocycles. The van der Waals surface area contributed by atoms with Gasteiger partial charge in [0.2, 0.25) is 0 Å². The van der Waals surface area contributed by atoms with E-state index in [1.807, 2.05) is 84.9 Å². The fourth-order valence-electron chi connectivity index (χ4n) is 3.22. The van der Waals surface area contributed by atoms with Gasteiger partial charge in [0.15, 0.2) is 0 Å². The molecule has 2 heterocycles. The summed E-state index contributed by atoms with van der Waals surface area (Å²) in [5.74, 6) is 0. The number of aromatic nitrogens is 2. The van der Waals surface area contributed by atoms with Crippen molar-refractivity contribution in [2.24, 2.45) is 0 Å². The molecule has 5 aromatic rings. The molecule has 0 saturated heterocycles. The smallest absolute Gasteiger partial charge is 0.0183 e. The first-order valence-electron chi connectivity index (χ1n) is 10.2. The predicted molar refractivity (Wildman–Crippen MR) is 127 cm³/mol. The SMILES string of the molecule is N#Cc1[c-]c(-c2ncccc2-c2ccccc2)ccc1.[Ir].[c-]1ccccc1-c1ccccn1. The maximum atomic E-state index is 8.99. The summed E-state index contributed by atoms with van der Waals surface area (Å²) in [6, 6.07) is 41.6. The molecule has 0 aliphatic rings. The van der Waals surface area contributed by atoms with Crippen LogP contribution >= 0.6 is 0 Å². The minimum atomic E-state index is 0. The molecule has 33 heavy (non-hydrogen) atoms. The van der Waals surface area contributed by atoms with Crippen molar-refractivity contribution >= 4 is 0 Å². The molecule has 0 amide bonds. The molecule has 0 atom stereocenters. The van der Waals surface area contributed by atoms with Crippen molar-refractivity contribution in [3.8, 4) is 39.7 Å². The summed E-state index contributed by atoms with van der Waals surface area (Å²) in [5.41, 5.74) is 6.36. The van der Waals surface area contributed by atoms with Gasteiger partial charge in [-0.15, -0.1) is 60.2 Å². The zero-order chi connectivity index (χ0) is 22.0. The molecule has 0 aliphatic heterocycles. The predicted octanol–water partition coefficient (Wildman–Crippen LogP) is 6.63. The van der Waals surface area contributed by atoms with Crippen molar-refractivity contribution in [3.05, 3.63) is 133 Å². The Balaban J connectivity index is 0.000000202. The number of nitrogens with zero attached hydrogens (tertiary/aromatic N) is 3. The standard InChI is InChI=1S/C18H11N2.C11H8N.Ir/c19-13-14-6-4-9-16(12-14)18-17(10-5-11-20-18)15-7-2-1-3-8-15;1-2-6-10(7-3-1)11-8-4-5-9-12-11;/h1-11H;1-6,8-9H;/q2*-1;. The third-order valence-corrected chi connectivity index (χ3v) is 4.71. The fourth-order valence-corrected chi connectivity index (χ4v) is 3.22. The zero-order valence-electron chi connectivity index (χ0n) is 17.6. The third-order valence-electron chi connectivity index (χ3n) is 4.71. The molecule has 0 N–H and O–H groups in total. The van der Waals surface area contributed by atoms with Gasteiger partial charge in [0.1, 0.15) is 0 Å². The molecule has 1 radical (unpaired) electrons. The monoisotopic (exact) mass is 602 g/mol. The van der Waals surface area contributed by atoms with Crippen LogP contribution in [0.2, 0.25) is 0 Å². The van der Waals surface area contributed by atoms with Crippen LogP contribution in [0, 0.1) is 23.5 Å². The van der Waals surface area contributed by atoms with E-state index in [9.17, 15) is 0 Å². The van der Waals surface area contributed by atoms with E-state index in [-0.39, 0.29) is 20.1 Å². The van der Waals surface area contributed by atoms with Crippen LogP contribution in [0.25, 0.3) is 33.6 Å². The van der Waals surface area contributed by atoms with Gasteiger partial charge < -0.3 is 4.98 Å². The van der Waals surface area contributed by atoms with Gasteiger partial charge in [-0.3, -0.25) is 4.98 Å². The van der Waals surface area contributed by atoms with E-state index in [4.69, 9.17) is 5.26 Å². The number of benzene rings is 3. The molecule has 0 unspecified atom stereocenters. The van der Waals surface area contributed by atoms with Crippen LogP contribution in [0.3, 0.4) is 0 Å². The molecule has 3 aromatic carbocycles. The van der Waals surface area contributed by atoms with Gasteiger partial charge in [-0.2, -0.15) is 0 Å². The van der Waals surface area contributed by atoms with Crippen molar-refractivity contribution in [1.29, 1.82) is 5.26 Å². The summed E-state index contributed by atoms with van der Waals surface area (Å²) >= 11 is 0. The summed E-state index contributed by atoms with van der Waals surface area (Å²) < 4.78 is 0. The Morgan fingerprint density at radius 3 is 2.15 bits per heavy atom. The number of hydrogen-bond donors (Lipinski definition) is 0.